The van der Waals surface area contributed by atoms with Crippen molar-refractivity contribution in [2.24, 2.45) is 0 Å². The van der Waals surface area contributed by atoms with Gasteiger partial charge < -0.3 is 20.5 Å². The van der Waals surface area contributed by atoms with Gasteiger partial charge >= 0.3 is 0 Å². The zero-order valence-corrected chi connectivity index (χ0v) is 12.7. The number of nitrogens with one attached hydrogen (secondary N) is 1. The molecule has 3 N–H and O–H groups in total. The summed E-state index contributed by atoms with van der Waals surface area (Å²) < 4.78 is 10.8. The van der Waals surface area contributed by atoms with E-state index in [1.54, 1.807) is 26.4 Å². The Morgan fingerprint density at radius 3 is 2.48 bits per heavy atom. The Morgan fingerprint density at radius 2 is 1.95 bits per heavy atom. The molecule has 3 atom stereocenters. The summed E-state index contributed by atoms with van der Waals surface area (Å²) in [7, 11) is 3.33. The predicted molar refractivity (Wildman–Crippen MR) is 82.1 cm³/mol. The first-order valence-corrected chi connectivity index (χ1v) is 7.01. The summed E-state index contributed by atoms with van der Waals surface area (Å²) in [6, 6.07) is 6.90. The monoisotopic (exact) mass is 293 g/mol. The number of hydrogen-bond acceptors (Lipinski definition) is 5. The van der Waals surface area contributed by atoms with Gasteiger partial charge in [-0.15, -0.1) is 0 Å². The second-order valence-corrected chi connectivity index (χ2v) is 5.29. The molecule has 1 aliphatic heterocycles. The second-order valence-electron chi connectivity index (χ2n) is 5.29. The van der Waals surface area contributed by atoms with E-state index in [1.165, 1.54) is 0 Å². The van der Waals surface area contributed by atoms with Crippen molar-refractivity contribution in [3.8, 4) is 0 Å². The van der Waals surface area contributed by atoms with Gasteiger partial charge in [0.2, 0.25) is 5.91 Å². The van der Waals surface area contributed by atoms with Gasteiger partial charge in [-0.25, -0.2) is 0 Å². The highest BCUT2D eigenvalue weighted by Gasteiger charge is 2.37. The van der Waals surface area contributed by atoms with Crippen molar-refractivity contribution in [1.29, 1.82) is 0 Å². The summed E-state index contributed by atoms with van der Waals surface area (Å²) in [5.74, 6) is -0.0628. The van der Waals surface area contributed by atoms with Crippen LogP contribution in [0.3, 0.4) is 0 Å². The maximum absolute atomic E-state index is 12.3. The van der Waals surface area contributed by atoms with Crippen molar-refractivity contribution in [1.82, 2.24) is 4.90 Å². The average molecular weight is 293 g/mol. The normalized spacial score (nSPS) is 24.0. The number of hydrogen-bond donors (Lipinski definition) is 2. The van der Waals surface area contributed by atoms with Gasteiger partial charge in [-0.2, -0.15) is 0 Å². The number of methoxy groups -OCH3 is 2. The van der Waals surface area contributed by atoms with Gasteiger partial charge in [0.05, 0.1) is 18.2 Å². The number of nitrogens with zero attached hydrogens (tertiary/aromatic N) is 1. The summed E-state index contributed by atoms with van der Waals surface area (Å²) in [5.41, 5.74) is 7.04. The standard InChI is InChI=1S/C15H23N3O3/c1-10(18-8-13(20-2)14(9-18)21-3)15(19)17-12-6-4-5-11(16)7-12/h4-7,10,13-14H,8-9,16H2,1-3H3,(H,17,19). The van der Waals surface area contributed by atoms with Crippen molar-refractivity contribution in [2.45, 2.75) is 25.2 Å². The van der Waals surface area contributed by atoms with Crippen LogP contribution in [-0.4, -0.2) is 56.4 Å². The lowest BCUT2D eigenvalue weighted by Crippen LogP contribution is -2.41. The fourth-order valence-corrected chi connectivity index (χ4v) is 2.57. The van der Waals surface area contributed by atoms with Crippen LogP contribution in [-0.2, 0) is 14.3 Å². The number of nitrogens with two attached hydrogens (primary N) is 1. The Hall–Kier alpha value is -1.63. The van der Waals surface area contributed by atoms with E-state index >= 15 is 0 Å². The highest BCUT2D eigenvalue weighted by atomic mass is 16.5. The van der Waals surface area contributed by atoms with Crippen LogP contribution in [0.1, 0.15) is 6.92 Å². The Morgan fingerprint density at radius 1 is 1.33 bits per heavy atom. The molecule has 21 heavy (non-hydrogen) atoms. The minimum atomic E-state index is -0.260. The van der Waals surface area contributed by atoms with Crippen LogP contribution in [0.5, 0.6) is 0 Å². The van der Waals surface area contributed by atoms with Crippen LogP contribution >= 0.6 is 0 Å². The Kier molecular flexibility index (Phi) is 5.17. The molecule has 6 nitrogen and oxygen atoms in total. The summed E-state index contributed by atoms with van der Waals surface area (Å²) >= 11 is 0. The third-order valence-corrected chi connectivity index (χ3v) is 3.93. The van der Waals surface area contributed by atoms with Gasteiger partial charge in [0.25, 0.3) is 0 Å². The van der Waals surface area contributed by atoms with E-state index in [-0.39, 0.29) is 24.2 Å². The number of rotatable bonds is 5. The Labute approximate surface area is 125 Å². The molecular weight excluding hydrogens is 270 g/mol. The van der Waals surface area contributed by atoms with E-state index in [2.05, 4.69) is 10.2 Å². The smallest absolute Gasteiger partial charge is 0.241 e. The highest BCUT2D eigenvalue weighted by molar-refractivity contribution is 5.94. The minimum absolute atomic E-state index is 0.00220. The number of likely N-dealkylation sites (tertiary alicyclic amines) is 1. The zero-order valence-electron chi connectivity index (χ0n) is 12.7. The molecule has 1 aromatic rings. The first-order valence-electron chi connectivity index (χ1n) is 7.01. The lowest BCUT2D eigenvalue weighted by Gasteiger charge is -2.23. The molecule has 1 heterocycles. The molecule has 0 spiro atoms. The maximum atomic E-state index is 12.3. The summed E-state index contributed by atoms with van der Waals surface area (Å²) in [6.07, 6.45) is -0.00441. The van der Waals surface area contributed by atoms with Crippen LogP contribution in [0.15, 0.2) is 24.3 Å². The van der Waals surface area contributed by atoms with Crippen molar-refractivity contribution in [2.75, 3.05) is 38.4 Å². The quantitative estimate of drug-likeness (QED) is 0.790. The van der Waals surface area contributed by atoms with Crippen LogP contribution in [0.2, 0.25) is 0 Å². The average Bonchev–Trinajstić information content (AvgIpc) is 2.89. The minimum Gasteiger partial charge on any atom is -0.399 e. The lowest BCUT2D eigenvalue weighted by atomic mass is 10.2. The fourth-order valence-electron chi connectivity index (χ4n) is 2.57. The zero-order chi connectivity index (χ0) is 15.4. The van der Waals surface area contributed by atoms with Crippen LogP contribution in [0.25, 0.3) is 0 Å². The molecular formula is C15H23N3O3. The van der Waals surface area contributed by atoms with E-state index in [9.17, 15) is 4.79 Å². The number of nitrogen functional groups attached to an aromatic ring is 1. The number of anilines is 2. The van der Waals surface area contributed by atoms with E-state index in [4.69, 9.17) is 15.2 Å². The molecule has 0 radical (unpaired) electrons. The van der Waals surface area contributed by atoms with Crippen molar-refractivity contribution in [3.63, 3.8) is 0 Å². The SMILES string of the molecule is COC1CN(C(C)C(=O)Nc2cccc(N)c2)CC1OC. The molecule has 6 heteroatoms. The number of benzene rings is 1. The maximum Gasteiger partial charge on any atom is 0.241 e. The van der Waals surface area contributed by atoms with Gasteiger partial charge in [0, 0.05) is 38.7 Å². The van der Waals surface area contributed by atoms with Gasteiger partial charge in [-0.05, 0) is 25.1 Å². The van der Waals surface area contributed by atoms with Gasteiger partial charge in [0.1, 0.15) is 0 Å². The third-order valence-electron chi connectivity index (χ3n) is 3.93. The lowest BCUT2D eigenvalue weighted by molar-refractivity contribution is -0.120. The molecule has 3 unspecified atom stereocenters. The molecule has 1 amide bonds. The molecule has 0 bridgehead atoms. The largest absolute Gasteiger partial charge is 0.399 e. The molecule has 1 aliphatic rings. The Bertz CT molecular complexity index is 483. The Balaban J connectivity index is 1.97. The van der Waals surface area contributed by atoms with Gasteiger partial charge in [-0.1, -0.05) is 6.07 Å². The van der Waals surface area contributed by atoms with Crippen molar-refractivity contribution >= 4 is 17.3 Å². The highest BCUT2D eigenvalue weighted by Crippen LogP contribution is 2.19. The molecule has 0 aliphatic carbocycles. The van der Waals surface area contributed by atoms with E-state index in [0.717, 1.165) is 0 Å². The van der Waals surface area contributed by atoms with E-state index < -0.39 is 0 Å². The topological polar surface area (TPSA) is 76.8 Å². The van der Waals surface area contributed by atoms with Crippen molar-refractivity contribution in [3.05, 3.63) is 24.3 Å². The number of ether oxygens (including phenoxy) is 2. The van der Waals surface area contributed by atoms with Crippen molar-refractivity contribution < 1.29 is 14.3 Å². The molecule has 2 rings (SSSR count). The van der Waals surface area contributed by atoms with Crippen LogP contribution < -0.4 is 11.1 Å². The molecule has 1 fully saturated rings. The number of amides is 1. The van der Waals surface area contributed by atoms with E-state index in [1.807, 2.05) is 19.1 Å². The third kappa shape index (κ3) is 3.72. The van der Waals surface area contributed by atoms with Gasteiger partial charge in [0.15, 0.2) is 0 Å². The second kappa shape index (κ2) is 6.89. The predicted octanol–water partition coefficient (Wildman–Crippen LogP) is 0.941. The first-order chi connectivity index (χ1) is 10.0. The molecule has 116 valence electrons. The summed E-state index contributed by atoms with van der Waals surface area (Å²) in [6.45, 7) is 3.24. The van der Waals surface area contributed by atoms with Crippen LogP contribution in [0, 0.1) is 0 Å². The molecule has 0 saturated carbocycles. The molecule has 1 saturated heterocycles. The number of carbonyl (C=O) groups excluding carboxylic acids is 1. The summed E-state index contributed by atoms with van der Waals surface area (Å²) in [4.78, 5) is 14.4. The van der Waals surface area contributed by atoms with E-state index in [0.29, 0.717) is 24.5 Å². The summed E-state index contributed by atoms with van der Waals surface area (Å²) in [5, 5.41) is 2.88. The first kappa shape index (κ1) is 15.8. The molecule has 0 aromatic heterocycles. The number of carbonyl (C=O) groups is 1. The fraction of sp³-hybridized carbons (Fsp3) is 0.533. The van der Waals surface area contributed by atoms with Crippen LogP contribution in [0.4, 0.5) is 11.4 Å². The molecule has 1 aromatic carbocycles. The van der Waals surface area contributed by atoms with Gasteiger partial charge in [-0.3, -0.25) is 9.69 Å².